The highest BCUT2D eigenvalue weighted by Crippen LogP contribution is 2.31. The van der Waals surface area contributed by atoms with Crippen molar-refractivity contribution in [2.45, 2.75) is 57.2 Å². The Bertz CT molecular complexity index is 973. The van der Waals surface area contributed by atoms with E-state index in [1.807, 2.05) is 31.2 Å². The van der Waals surface area contributed by atoms with Crippen LogP contribution >= 0.6 is 0 Å². The molecule has 1 saturated carbocycles. The zero-order valence-corrected chi connectivity index (χ0v) is 19.1. The first kappa shape index (κ1) is 23.4. The molecule has 2 aromatic carbocycles. The van der Waals surface area contributed by atoms with Crippen molar-refractivity contribution in [2.24, 2.45) is 0 Å². The number of carbonyl (C=O) groups is 2. The second-order valence-electron chi connectivity index (χ2n) is 8.96. The van der Waals surface area contributed by atoms with Gasteiger partial charge in [0.2, 0.25) is 11.8 Å². The van der Waals surface area contributed by atoms with Gasteiger partial charge in [-0.3, -0.25) is 14.5 Å². The molecule has 1 atom stereocenters. The molecule has 0 bridgehead atoms. The first-order chi connectivity index (χ1) is 16.0. The highest BCUT2D eigenvalue weighted by atomic mass is 19.1. The van der Waals surface area contributed by atoms with E-state index in [0.29, 0.717) is 18.9 Å². The van der Waals surface area contributed by atoms with Crippen LogP contribution in [-0.4, -0.2) is 43.7 Å². The summed E-state index contributed by atoms with van der Waals surface area (Å²) >= 11 is 0. The Kier molecular flexibility index (Phi) is 7.73. The quantitative estimate of drug-likeness (QED) is 0.640. The van der Waals surface area contributed by atoms with Crippen LogP contribution < -0.4 is 15.5 Å². The fourth-order valence-electron chi connectivity index (χ4n) is 4.55. The molecular formula is C26H32FN3O3. The summed E-state index contributed by atoms with van der Waals surface area (Å²) < 4.78 is 19.4. The summed E-state index contributed by atoms with van der Waals surface area (Å²) in [6.07, 6.45) is 5.21. The Morgan fingerprint density at radius 1 is 1.06 bits per heavy atom. The number of ether oxygens (including phenoxy) is 1. The minimum Gasteiger partial charge on any atom is -0.378 e. The second kappa shape index (κ2) is 10.9. The van der Waals surface area contributed by atoms with E-state index >= 15 is 0 Å². The summed E-state index contributed by atoms with van der Waals surface area (Å²) in [5.41, 5.74) is 1.99. The van der Waals surface area contributed by atoms with Gasteiger partial charge in [-0.25, -0.2) is 4.39 Å². The number of benzene rings is 2. The zero-order chi connectivity index (χ0) is 23.2. The van der Waals surface area contributed by atoms with E-state index in [0.717, 1.165) is 36.8 Å². The summed E-state index contributed by atoms with van der Waals surface area (Å²) in [6, 6.07) is 12.7. The van der Waals surface area contributed by atoms with E-state index in [1.165, 1.54) is 23.5 Å². The van der Waals surface area contributed by atoms with Gasteiger partial charge in [0.05, 0.1) is 25.8 Å². The van der Waals surface area contributed by atoms with E-state index in [4.69, 9.17) is 4.74 Å². The molecule has 7 heteroatoms. The van der Waals surface area contributed by atoms with E-state index in [1.54, 1.807) is 12.1 Å². The van der Waals surface area contributed by atoms with Crippen molar-refractivity contribution in [1.82, 2.24) is 10.6 Å². The monoisotopic (exact) mass is 453 g/mol. The SMILES string of the molecule is Cc1ccccc1C(C(=O)NC1CCCCC1)N(C(=O)CNC1COC1)c1cccc(F)c1. The van der Waals surface area contributed by atoms with Gasteiger partial charge in [-0.05, 0) is 49.1 Å². The smallest absolute Gasteiger partial charge is 0.248 e. The van der Waals surface area contributed by atoms with Gasteiger partial charge in [0.25, 0.3) is 0 Å². The third-order valence-electron chi connectivity index (χ3n) is 6.48. The van der Waals surface area contributed by atoms with Gasteiger partial charge >= 0.3 is 0 Å². The van der Waals surface area contributed by atoms with Gasteiger partial charge in [-0.1, -0.05) is 49.6 Å². The van der Waals surface area contributed by atoms with Crippen LogP contribution in [0.25, 0.3) is 0 Å². The highest BCUT2D eigenvalue weighted by molar-refractivity contribution is 6.02. The molecular weight excluding hydrogens is 421 g/mol. The van der Waals surface area contributed by atoms with Gasteiger partial charge in [0.15, 0.2) is 0 Å². The van der Waals surface area contributed by atoms with Crippen molar-refractivity contribution in [3.8, 4) is 0 Å². The maximum atomic E-state index is 14.2. The zero-order valence-electron chi connectivity index (χ0n) is 19.1. The van der Waals surface area contributed by atoms with Crippen LogP contribution in [0.3, 0.4) is 0 Å². The highest BCUT2D eigenvalue weighted by Gasteiger charge is 2.35. The molecule has 1 aliphatic carbocycles. The van der Waals surface area contributed by atoms with Crippen LogP contribution in [0.4, 0.5) is 10.1 Å². The third-order valence-corrected chi connectivity index (χ3v) is 6.48. The summed E-state index contributed by atoms with van der Waals surface area (Å²) in [7, 11) is 0. The topological polar surface area (TPSA) is 70.7 Å². The first-order valence-corrected chi connectivity index (χ1v) is 11.8. The van der Waals surface area contributed by atoms with Crippen molar-refractivity contribution >= 4 is 17.5 Å². The van der Waals surface area contributed by atoms with Crippen LogP contribution in [-0.2, 0) is 14.3 Å². The second-order valence-corrected chi connectivity index (χ2v) is 8.96. The molecule has 4 rings (SSSR count). The summed E-state index contributed by atoms with van der Waals surface area (Å²) in [5, 5.41) is 6.37. The third kappa shape index (κ3) is 5.78. The lowest BCUT2D eigenvalue weighted by Gasteiger charge is -2.35. The largest absolute Gasteiger partial charge is 0.378 e. The van der Waals surface area contributed by atoms with E-state index in [2.05, 4.69) is 10.6 Å². The van der Waals surface area contributed by atoms with Crippen molar-refractivity contribution < 1.29 is 18.7 Å². The number of aryl methyl sites for hydroxylation is 1. The minimum atomic E-state index is -0.901. The summed E-state index contributed by atoms with van der Waals surface area (Å²) in [5.74, 6) is -0.984. The fourth-order valence-corrected chi connectivity index (χ4v) is 4.55. The van der Waals surface area contributed by atoms with Gasteiger partial charge in [-0.15, -0.1) is 0 Å². The van der Waals surface area contributed by atoms with Crippen LogP contribution in [0.1, 0.15) is 49.3 Å². The van der Waals surface area contributed by atoms with Gasteiger partial charge in [0, 0.05) is 11.7 Å². The lowest BCUT2D eigenvalue weighted by Crippen LogP contribution is -2.53. The number of amides is 2. The molecule has 0 spiro atoms. The number of hydrogen-bond donors (Lipinski definition) is 2. The molecule has 2 fully saturated rings. The molecule has 2 aliphatic rings. The average molecular weight is 454 g/mol. The average Bonchev–Trinajstić information content (AvgIpc) is 2.77. The number of hydrogen-bond acceptors (Lipinski definition) is 4. The van der Waals surface area contributed by atoms with Crippen LogP contribution in [0.15, 0.2) is 48.5 Å². The minimum absolute atomic E-state index is 0.0314. The molecule has 1 heterocycles. The Morgan fingerprint density at radius 2 is 1.82 bits per heavy atom. The number of rotatable bonds is 8. The molecule has 176 valence electrons. The first-order valence-electron chi connectivity index (χ1n) is 11.8. The van der Waals surface area contributed by atoms with Crippen molar-refractivity contribution in [3.63, 3.8) is 0 Å². The standard InChI is InChI=1S/C26H32FN3O3/c1-18-8-5-6-13-23(18)25(26(32)29-20-10-3-2-4-11-20)30(22-12-7-9-19(27)14-22)24(31)15-28-21-16-33-17-21/h5-9,12-14,20-21,25,28H,2-4,10-11,15-17H2,1H3,(H,29,32). The summed E-state index contributed by atoms with van der Waals surface area (Å²) in [4.78, 5) is 28.7. The number of carbonyl (C=O) groups excluding carboxylic acids is 2. The molecule has 2 N–H and O–H groups in total. The fraction of sp³-hybridized carbons (Fsp3) is 0.462. The molecule has 1 unspecified atom stereocenters. The predicted molar refractivity (Wildman–Crippen MR) is 125 cm³/mol. The normalized spacial score (nSPS) is 17.8. The Labute approximate surface area is 194 Å². The summed E-state index contributed by atoms with van der Waals surface area (Å²) in [6.45, 7) is 3.06. The molecule has 33 heavy (non-hydrogen) atoms. The molecule has 6 nitrogen and oxygen atoms in total. The number of nitrogens with one attached hydrogen (secondary N) is 2. The maximum Gasteiger partial charge on any atom is 0.248 e. The van der Waals surface area contributed by atoms with Crippen LogP contribution in [0.5, 0.6) is 0 Å². The van der Waals surface area contributed by atoms with Gasteiger partial charge < -0.3 is 15.4 Å². The molecule has 0 aromatic heterocycles. The van der Waals surface area contributed by atoms with Gasteiger partial charge in [-0.2, -0.15) is 0 Å². The lowest BCUT2D eigenvalue weighted by atomic mass is 9.93. The van der Waals surface area contributed by atoms with Crippen molar-refractivity contribution in [3.05, 3.63) is 65.5 Å². The molecule has 2 aromatic rings. The van der Waals surface area contributed by atoms with Crippen LogP contribution in [0, 0.1) is 12.7 Å². The van der Waals surface area contributed by atoms with E-state index in [9.17, 15) is 14.0 Å². The van der Waals surface area contributed by atoms with Crippen molar-refractivity contribution in [2.75, 3.05) is 24.7 Å². The number of halogens is 1. The number of anilines is 1. The molecule has 0 radical (unpaired) electrons. The Balaban J connectivity index is 1.70. The van der Waals surface area contributed by atoms with E-state index in [-0.39, 0.29) is 30.4 Å². The van der Waals surface area contributed by atoms with Crippen LogP contribution in [0.2, 0.25) is 0 Å². The maximum absolute atomic E-state index is 14.2. The molecule has 1 aliphatic heterocycles. The van der Waals surface area contributed by atoms with Gasteiger partial charge in [0.1, 0.15) is 11.9 Å². The molecule has 2 amide bonds. The van der Waals surface area contributed by atoms with Crippen molar-refractivity contribution in [1.29, 1.82) is 0 Å². The Morgan fingerprint density at radius 3 is 2.48 bits per heavy atom. The Hall–Kier alpha value is -2.77. The lowest BCUT2D eigenvalue weighted by molar-refractivity contribution is -0.127. The van der Waals surface area contributed by atoms with E-state index < -0.39 is 11.9 Å². The number of nitrogens with zero attached hydrogens (tertiary/aromatic N) is 1. The predicted octanol–water partition coefficient (Wildman–Crippen LogP) is 3.65. The molecule has 1 saturated heterocycles.